The third-order valence-corrected chi connectivity index (χ3v) is 12.7. The summed E-state index contributed by atoms with van der Waals surface area (Å²) >= 11 is 0. The molecule has 0 radical (unpaired) electrons. The highest BCUT2D eigenvalue weighted by Gasteiger charge is 2.32. The van der Waals surface area contributed by atoms with Gasteiger partial charge in [-0.15, -0.1) is 0 Å². The maximum atomic E-state index is 14.1. The van der Waals surface area contributed by atoms with Crippen molar-refractivity contribution >= 4 is 37.8 Å². The Hall–Kier alpha value is -4.23. The van der Waals surface area contributed by atoms with Crippen molar-refractivity contribution in [3.8, 4) is 0 Å². The van der Waals surface area contributed by atoms with E-state index in [4.69, 9.17) is 17.2 Å². The number of sulfonamides is 2. The van der Waals surface area contributed by atoms with E-state index >= 15 is 0 Å². The van der Waals surface area contributed by atoms with Gasteiger partial charge in [-0.1, -0.05) is 91.0 Å². The first-order valence-electron chi connectivity index (χ1n) is 18.8. The number of carbonyl (C=O) groups excluding carboxylic acids is 3. The highest BCUT2D eigenvalue weighted by atomic mass is 32.2. The lowest BCUT2D eigenvalue weighted by Gasteiger charge is -2.29. The van der Waals surface area contributed by atoms with Crippen LogP contribution in [0.4, 0.5) is 0 Å². The molecule has 17 heteroatoms. The number of amides is 3. The fourth-order valence-corrected chi connectivity index (χ4v) is 9.01. The minimum absolute atomic E-state index is 0.00454. The lowest BCUT2D eigenvalue weighted by Crippen LogP contribution is -2.56. The van der Waals surface area contributed by atoms with E-state index in [9.17, 15) is 31.2 Å². The molecule has 0 aliphatic rings. The molecule has 3 amide bonds. The molecule has 9 N–H and O–H groups in total. The zero-order valence-corrected chi connectivity index (χ0v) is 33.7. The number of nitrogens with one attached hydrogen (secondary N) is 3. The van der Waals surface area contributed by atoms with Gasteiger partial charge in [-0.25, -0.2) is 16.8 Å². The van der Waals surface area contributed by atoms with E-state index in [1.165, 1.54) is 0 Å². The summed E-state index contributed by atoms with van der Waals surface area (Å²) in [4.78, 5) is 39.9. The van der Waals surface area contributed by atoms with Gasteiger partial charge < -0.3 is 33.2 Å². The number of aryl methyl sites for hydroxylation is 1. The Morgan fingerprint density at radius 3 is 1.77 bits per heavy atom. The minimum Gasteiger partial charge on any atom is -0.369 e. The van der Waals surface area contributed by atoms with Gasteiger partial charge in [-0.3, -0.25) is 14.4 Å². The Morgan fingerprint density at radius 1 is 0.661 bits per heavy atom. The number of carbonyl (C=O) groups is 3. The summed E-state index contributed by atoms with van der Waals surface area (Å²) in [6.45, 7) is -1.25. The Balaban J connectivity index is 1.85. The van der Waals surface area contributed by atoms with Crippen LogP contribution in [0.5, 0.6) is 0 Å². The summed E-state index contributed by atoms with van der Waals surface area (Å²) in [5.41, 5.74) is 19.3. The maximum Gasteiger partial charge on any atom is 0.242 e. The molecule has 0 saturated carbocycles. The number of benzene rings is 3. The Kier molecular flexibility index (Phi) is 19.6. The summed E-state index contributed by atoms with van der Waals surface area (Å²) < 4.78 is 56.2. The monoisotopic (exact) mass is 814 g/mol. The number of rotatable bonds is 27. The van der Waals surface area contributed by atoms with Gasteiger partial charge in [0.1, 0.15) is 6.04 Å². The molecule has 0 unspecified atom stereocenters. The Bertz CT molecular complexity index is 1860. The fourth-order valence-electron chi connectivity index (χ4n) is 6.21. The van der Waals surface area contributed by atoms with Crippen LogP contribution in [-0.4, -0.2) is 113 Å². The van der Waals surface area contributed by atoms with Gasteiger partial charge in [0.15, 0.2) is 0 Å². The molecule has 0 spiro atoms. The summed E-state index contributed by atoms with van der Waals surface area (Å²) in [7, 11) is -6.32. The topological polar surface area (TPSA) is 240 Å². The van der Waals surface area contributed by atoms with E-state index in [0.717, 1.165) is 19.7 Å². The zero-order chi connectivity index (χ0) is 41.0. The van der Waals surface area contributed by atoms with E-state index in [2.05, 4.69) is 16.0 Å². The van der Waals surface area contributed by atoms with E-state index in [0.29, 0.717) is 37.8 Å². The molecule has 0 saturated heterocycles. The van der Waals surface area contributed by atoms with E-state index in [1.54, 1.807) is 37.4 Å². The molecule has 3 aromatic carbocycles. The minimum atomic E-state index is -4.09. The maximum absolute atomic E-state index is 14.1. The van der Waals surface area contributed by atoms with Crippen LogP contribution in [-0.2, 0) is 53.0 Å². The number of unbranched alkanes of at least 4 members (excludes halogenated alkanes) is 1. The largest absolute Gasteiger partial charge is 0.369 e. The molecule has 56 heavy (non-hydrogen) atoms. The third kappa shape index (κ3) is 16.5. The van der Waals surface area contributed by atoms with Gasteiger partial charge in [0.05, 0.1) is 24.6 Å². The molecule has 0 aromatic heterocycles. The molecule has 0 bridgehead atoms. The predicted molar refractivity (Wildman–Crippen MR) is 219 cm³/mol. The van der Waals surface area contributed by atoms with Crippen molar-refractivity contribution < 1.29 is 31.2 Å². The smallest absolute Gasteiger partial charge is 0.242 e. The van der Waals surface area contributed by atoms with Crippen molar-refractivity contribution in [2.45, 2.75) is 62.4 Å². The van der Waals surface area contributed by atoms with Crippen LogP contribution in [0.2, 0.25) is 0 Å². The van der Waals surface area contributed by atoms with Gasteiger partial charge in [-0.2, -0.15) is 8.61 Å². The molecule has 3 aromatic rings. The van der Waals surface area contributed by atoms with Crippen molar-refractivity contribution in [1.82, 2.24) is 24.6 Å². The number of nitrogens with two attached hydrogens (primary N) is 3. The summed E-state index contributed by atoms with van der Waals surface area (Å²) in [5, 5.41) is 8.80. The van der Waals surface area contributed by atoms with E-state index in [1.807, 2.05) is 60.7 Å². The van der Waals surface area contributed by atoms with E-state index in [-0.39, 0.29) is 44.3 Å². The number of primary amides is 1. The molecule has 308 valence electrons. The predicted octanol–water partition coefficient (Wildman–Crippen LogP) is 0.456. The zero-order valence-electron chi connectivity index (χ0n) is 32.1. The fraction of sp³-hybridized carbons (Fsp3) is 0.462. The summed E-state index contributed by atoms with van der Waals surface area (Å²) in [6.07, 6.45) is 2.66. The molecule has 0 aliphatic carbocycles. The molecular weight excluding hydrogens is 757 g/mol. The second-order valence-corrected chi connectivity index (χ2v) is 17.8. The van der Waals surface area contributed by atoms with Crippen LogP contribution in [0.1, 0.15) is 42.4 Å². The first kappa shape index (κ1) is 46.2. The first-order chi connectivity index (χ1) is 26.8. The normalized spacial score (nSPS) is 13.6. The van der Waals surface area contributed by atoms with Crippen molar-refractivity contribution in [1.29, 1.82) is 0 Å². The van der Waals surface area contributed by atoms with Gasteiger partial charge in [0, 0.05) is 31.7 Å². The highest BCUT2D eigenvalue weighted by molar-refractivity contribution is 7.89. The van der Waals surface area contributed by atoms with Crippen molar-refractivity contribution in [2.75, 3.05) is 52.1 Å². The lowest BCUT2D eigenvalue weighted by molar-refractivity contribution is -0.129. The summed E-state index contributed by atoms with van der Waals surface area (Å²) in [5.74, 6) is -2.94. The molecule has 15 nitrogen and oxygen atoms in total. The van der Waals surface area contributed by atoms with Gasteiger partial charge >= 0.3 is 0 Å². The molecular formula is C39H58N8O7S2. The van der Waals surface area contributed by atoms with Gasteiger partial charge in [0.2, 0.25) is 37.8 Å². The third-order valence-electron chi connectivity index (χ3n) is 9.16. The molecule has 0 aliphatic heterocycles. The summed E-state index contributed by atoms with van der Waals surface area (Å²) in [6, 6.07) is 25.1. The van der Waals surface area contributed by atoms with Crippen LogP contribution < -0.4 is 33.2 Å². The molecule has 3 atom stereocenters. The Labute approximate surface area is 331 Å². The van der Waals surface area contributed by atoms with Crippen LogP contribution in [0.25, 0.3) is 0 Å². The van der Waals surface area contributed by atoms with Crippen LogP contribution in [0.15, 0.2) is 91.0 Å². The molecule has 0 fully saturated rings. The Morgan fingerprint density at radius 2 is 1.21 bits per heavy atom. The quantitative estimate of drug-likeness (QED) is 0.0581. The number of hydrogen-bond donors (Lipinski definition) is 6. The second kappa shape index (κ2) is 23.7. The van der Waals surface area contributed by atoms with Crippen LogP contribution >= 0.6 is 0 Å². The van der Waals surface area contributed by atoms with Crippen LogP contribution in [0, 0.1) is 0 Å². The number of likely N-dealkylation sites (N-methyl/N-ethyl adjacent to an activating group) is 1. The number of hydrogen-bond acceptors (Lipinski definition) is 10. The lowest BCUT2D eigenvalue weighted by atomic mass is 10.0. The standard InChI is InChI=1S/C39H58N8O7S2/c1-43-34(21-20-31-13-5-2-6-14-31)26-47(55(51,52)24-23-41)29-38(49)45-36(19-11-12-22-40)39(50)44-35(25-32-15-7-3-8-16-32)27-46(28-37(42)48)56(53,54)30-33-17-9-4-10-18-33/h2-10,13-18,34-36,43H,11-12,19-30,40-41H2,1H3,(H2,42,48)(H,44,50)(H,45,49)/t34-,35-,36-/m0/s1. The second-order valence-electron chi connectivity index (χ2n) is 13.7. The average molecular weight is 815 g/mol. The van der Waals surface area contributed by atoms with Gasteiger partial charge in [0.25, 0.3) is 0 Å². The molecule has 0 heterocycles. The van der Waals surface area contributed by atoms with Crippen molar-refractivity contribution in [3.05, 3.63) is 108 Å². The highest BCUT2D eigenvalue weighted by Crippen LogP contribution is 2.15. The van der Waals surface area contributed by atoms with Crippen molar-refractivity contribution in [2.24, 2.45) is 17.2 Å². The van der Waals surface area contributed by atoms with Crippen molar-refractivity contribution in [3.63, 3.8) is 0 Å². The average Bonchev–Trinajstić information content (AvgIpc) is 3.16. The molecule has 3 rings (SSSR count). The first-order valence-corrected chi connectivity index (χ1v) is 22.0. The van der Waals surface area contributed by atoms with Crippen LogP contribution in [0.3, 0.4) is 0 Å². The SMILES string of the molecule is CN[C@@H](CCc1ccccc1)CN(CC(=O)N[C@@H](CCCCN)C(=O)N[C@@H](Cc1ccccc1)CN(CC(N)=O)S(=O)(=O)Cc1ccccc1)S(=O)(=O)CCN. The van der Waals surface area contributed by atoms with E-state index < -0.39 is 68.7 Å². The van der Waals surface area contributed by atoms with Gasteiger partial charge in [-0.05, 0) is 68.8 Å². The number of nitrogens with zero attached hydrogens (tertiary/aromatic N) is 2.